The Bertz CT molecular complexity index is 315. The summed E-state index contributed by atoms with van der Waals surface area (Å²) in [5.74, 6) is 0. The van der Waals surface area contributed by atoms with Crippen LogP contribution in [0.3, 0.4) is 0 Å². The molecule has 0 spiro atoms. The van der Waals surface area contributed by atoms with Gasteiger partial charge in [-0.3, -0.25) is 9.78 Å². The lowest BCUT2D eigenvalue weighted by atomic mass is 10.1. The molecule has 0 bridgehead atoms. The van der Waals surface area contributed by atoms with E-state index in [9.17, 15) is 13.6 Å². The molecule has 1 rings (SSSR count). The number of carbonyl (C=O) groups is 1. The number of aldehydes is 1. The van der Waals surface area contributed by atoms with Crippen molar-refractivity contribution in [3.63, 3.8) is 0 Å². The highest BCUT2D eigenvalue weighted by Gasteiger charge is 2.13. The first-order chi connectivity index (χ1) is 6.19. The van der Waals surface area contributed by atoms with Crippen LogP contribution in [0.25, 0.3) is 0 Å². The van der Waals surface area contributed by atoms with E-state index < -0.39 is 6.43 Å². The van der Waals surface area contributed by atoms with Crippen molar-refractivity contribution in [2.45, 2.75) is 13.0 Å². The molecule has 0 aliphatic carbocycles. The molecule has 1 heterocycles. The van der Waals surface area contributed by atoms with E-state index in [0.717, 1.165) is 0 Å². The monoisotopic (exact) mass is 186 g/mol. The average molecular weight is 186 g/mol. The molecular weight excluding hydrogens is 178 g/mol. The molecule has 0 fully saturated rings. The molecule has 3 nitrogen and oxygen atoms in total. The molecule has 1 aromatic heterocycles. The predicted molar refractivity (Wildman–Crippen MR) is 42.5 cm³/mol. The Morgan fingerprint density at radius 2 is 2.31 bits per heavy atom. The van der Waals surface area contributed by atoms with Crippen LogP contribution in [0.2, 0.25) is 0 Å². The Morgan fingerprint density at radius 1 is 1.62 bits per heavy atom. The maximum Gasteiger partial charge on any atom is 0.266 e. The topological polar surface area (TPSA) is 56.0 Å². The summed E-state index contributed by atoms with van der Waals surface area (Å²) in [5.41, 5.74) is 5.13. The largest absolute Gasteiger partial charge is 0.326 e. The second-order valence-corrected chi connectivity index (χ2v) is 2.44. The Hall–Kier alpha value is -1.36. The number of hydrogen-bond donors (Lipinski definition) is 1. The molecular formula is C8H8F2N2O. The number of rotatable bonds is 3. The SMILES string of the molecule is NCc1cnc(C=O)c(C(F)F)c1. The summed E-state index contributed by atoms with van der Waals surface area (Å²) in [5, 5.41) is 0. The van der Waals surface area contributed by atoms with Gasteiger partial charge in [0.2, 0.25) is 0 Å². The standard InChI is InChI=1S/C8H8F2N2O/c9-8(10)6-1-5(2-11)3-12-7(6)4-13/h1,3-4,8H,2,11H2. The highest BCUT2D eigenvalue weighted by Crippen LogP contribution is 2.21. The molecule has 70 valence electrons. The van der Waals surface area contributed by atoms with Crippen molar-refractivity contribution in [1.82, 2.24) is 4.98 Å². The van der Waals surface area contributed by atoms with Crippen molar-refractivity contribution < 1.29 is 13.6 Å². The van der Waals surface area contributed by atoms with Gasteiger partial charge in [0.1, 0.15) is 5.69 Å². The zero-order valence-corrected chi connectivity index (χ0v) is 6.71. The van der Waals surface area contributed by atoms with E-state index in [-0.39, 0.29) is 17.8 Å². The highest BCUT2D eigenvalue weighted by atomic mass is 19.3. The van der Waals surface area contributed by atoms with Gasteiger partial charge in [-0.15, -0.1) is 0 Å². The van der Waals surface area contributed by atoms with Gasteiger partial charge < -0.3 is 5.73 Å². The minimum Gasteiger partial charge on any atom is -0.326 e. The second kappa shape index (κ2) is 4.04. The zero-order chi connectivity index (χ0) is 9.84. The van der Waals surface area contributed by atoms with E-state index in [2.05, 4.69) is 4.98 Å². The van der Waals surface area contributed by atoms with Crippen LogP contribution in [0.15, 0.2) is 12.3 Å². The second-order valence-electron chi connectivity index (χ2n) is 2.44. The van der Waals surface area contributed by atoms with Gasteiger partial charge in [-0.2, -0.15) is 0 Å². The quantitative estimate of drug-likeness (QED) is 0.723. The summed E-state index contributed by atoms with van der Waals surface area (Å²) in [4.78, 5) is 13.9. The van der Waals surface area contributed by atoms with Gasteiger partial charge >= 0.3 is 0 Å². The third-order valence-corrected chi connectivity index (χ3v) is 1.59. The first kappa shape index (κ1) is 9.73. The van der Waals surface area contributed by atoms with Crippen LogP contribution < -0.4 is 5.73 Å². The van der Waals surface area contributed by atoms with Crippen LogP contribution in [0.1, 0.15) is 28.0 Å². The molecule has 0 atom stereocenters. The van der Waals surface area contributed by atoms with Gasteiger partial charge in [0.25, 0.3) is 6.43 Å². The van der Waals surface area contributed by atoms with E-state index in [1.165, 1.54) is 12.3 Å². The fourth-order valence-corrected chi connectivity index (χ4v) is 0.923. The van der Waals surface area contributed by atoms with Crippen LogP contribution >= 0.6 is 0 Å². The molecule has 0 unspecified atom stereocenters. The van der Waals surface area contributed by atoms with E-state index in [4.69, 9.17) is 5.73 Å². The van der Waals surface area contributed by atoms with Crippen LogP contribution in [0, 0.1) is 0 Å². The first-order valence-electron chi connectivity index (χ1n) is 3.61. The summed E-state index contributed by atoms with van der Waals surface area (Å²) >= 11 is 0. The molecule has 0 radical (unpaired) electrons. The molecule has 5 heteroatoms. The lowest BCUT2D eigenvalue weighted by Gasteiger charge is -2.04. The van der Waals surface area contributed by atoms with E-state index in [1.807, 2.05) is 0 Å². The Balaban J connectivity index is 3.17. The number of halogens is 2. The minimum atomic E-state index is -2.70. The van der Waals surface area contributed by atoms with Crippen molar-refractivity contribution in [2.24, 2.45) is 5.73 Å². The van der Waals surface area contributed by atoms with Gasteiger partial charge in [-0.25, -0.2) is 8.78 Å². The maximum absolute atomic E-state index is 12.3. The normalized spacial score (nSPS) is 10.5. The number of pyridine rings is 1. The molecule has 2 N–H and O–H groups in total. The number of alkyl halides is 2. The summed E-state index contributed by atoms with van der Waals surface area (Å²) in [6, 6.07) is 1.20. The maximum atomic E-state index is 12.3. The lowest BCUT2D eigenvalue weighted by Crippen LogP contribution is -2.03. The predicted octanol–water partition coefficient (Wildman–Crippen LogP) is 1.29. The van der Waals surface area contributed by atoms with Crippen LogP contribution in [0.5, 0.6) is 0 Å². The number of nitrogens with zero attached hydrogens (tertiary/aromatic N) is 1. The van der Waals surface area contributed by atoms with Crippen molar-refractivity contribution in [1.29, 1.82) is 0 Å². The molecule has 0 aliphatic rings. The molecule has 0 saturated heterocycles. The van der Waals surface area contributed by atoms with E-state index in [1.54, 1.807) is 0 Å². The Labute approximate surface area is 73.6 Å². The van der Waals surface area contributed by atoms with Gasteiger partial charge in [0.05, 0.1) is 0 Å². The van der Waals surface area contributed by atoms with Crippen molar-refractivity contribution in [3.8, 4) is 0 Å². The van der Waals surface area contributed by atoms with Gasteiger partial charge in [-0.1, -0.05) is 0 Å². The summed E-state index contributed by atoms with van der Waals surface area (Å²) in [7, 11) is 0. The van der Waals surface area contributed by atoms with E-state index in [0.29, 0.717) is 11.8 Å². The minimum absolute atomic E-state index is 0.131. The highest BCUT2D eigenvalue weighted by molar-refractivity contribution is 5.74. The third-order valence-electron chi connectivity index (χ3n) is 1.59. The molecule has 13 heavy (non-hydrogen) atoms. The summed E-state index contributed by atoms with van der Waals surface area (Å²) < 4.78 is 24.6. The number of aromatic nitrogens is 1. The van der Waals surface area contributed by atoms with Crippen LogP contribution in [-0.4, -0.2) is 11.3 Å². The summed E-state index contributed by atoms with van der Waals surface area (Å²) in [6.45, 7) is 0.131. The summed E-state index contributed by atoms with van der Waals surface area (Å²) in [6.07, 6.45) is -1.07. The Kier molecular flexibility index (Phi) is 3.02. The fourth-order valence-electron chi connectivity index (χ4n) is 0.923. The molecule has 0 aromatic carbocycles. The van der Waals surface area contributed by atoms with Crippen molar-refractivity contribution >= 4 is 6.29 Å². The first-order valence-corrected chi connectivity index (χ1v) is 3.61. The van der Waals surface area contributed by atoms with Gasteiger partial charge in [0.15, 0.2) is 6.29 Å². The fraction of sp³-hybridized carbons (Fsp3) is 0.250. The molecule has 1 aromatic rings. The zero-order valence-electron chi connectivity index (χ0n) is 6.71. The van der Waals surface area contributed by atoms with Gasteiger partial charge in [0, 0.05) is 18.3 Å². The number of hydrogen-bond acceptors (Lipinski definition) is 3. The Morgan fingerprint density at radius 3 is 2.77 bits per heavy atom. The van der Waals surface area contributed by atoms with Crippen molar-refractivity contribution in [2.75, 3.05) is 0 Å². The number of carbonyl (C=O) groups excluding carboxylic acids is 1. The third kappa shape index (κ3) is 2.06. The average Bonchev–Trinajstić information content (AvgIpc) is 2.16. The van der Waals surface area contributed by atoms with E-state index >= 15 is 0 Å². The van der Waals surface area contributed by atoms with Crippen LogP contribution in [0.4, 0.5) is 8.78 Å². The molecule has 0 aliphatic heterocycles. The van der Waals surface area contributed by atoms with Crippen LogP contribution in [-0.2, 0) is 6.54 Å². The van der Waals surface area contributed by atoms with Gasteiger partial charge in [-0.05, 0) is 11.6 Å². The number of nitrogens with two attached hydrogens (primary N) is 1. The lowest BCUT2D eigenvalue weighted by molar-refractivity contribution is 0.110. The van der Waals surface area contributed by atoms with Crippen molar-refractivity contribution in [3.05, 3.63) is 29.1 Å². The smallest absolute Gasteiger partial charge is 0.266 e. The molecule has 0 saturated carbocycles. The molecule has 0 amide bonds.